The summed E-state index contributed by atoms with van der Waals surface area (Å²) in [5.41, 5.74) is 4.13. The van der Waals surface area contributed by atoms with Crippen molar-refractivity contribution in [3.05, 3.63) is 58.7 Å². The molecule has 0 aliphatic rings. The second-order valence-electron chi connectivity index (χ2n) is 7.72. The first-order chi connectivity index (χ1) is 13.1. The van der Waals surface area contributed by atoms with Crippen molar-refractivity contribution in [2.75, 3.05) is 0 Å². The van der Waals surface area contributed by atoms with Gasteiger partial charge in [0.15, 0.2) is 0 Å². The molecule has 0 atom stereocenters. The number of phenolic OH excluding ortho intramolecular Hbond substituents is 2. The van der Waals surface area contributed by atoms with E-state index in [0.29, 0.717) is 17.9 Å². The van der Waals surface area contributed by atoms with E-state index in [1.807, 2.05) is 24.3 Å². The molecule has 27 heavy (non-hydrogen) atoms. The van der Waals surface area contributed by atoms with Gasteiger partial charge in [0.25, 0.3) is 0 Å². The Morgan fingerprint density at radius 2 is 1.04 bits per heavy atom. The molecule has 0 unspecified atom stereocenters. The quantitative estimate of drug-likeness (QED) is 0.399. The van der Waals surface area contributed by atoms with Crippen molar-refractivity contribution in [3.8, 4) is 11.5 Å². The SMILES string of the molecule is CCCCCCc1ccc(Cc2ccc(CCCCCC)cc2O)c(O)c1. The molecular formula is C25H36O2. The number of phenols is 2. The molecular weight excluding hydrogens is 332 g/mol. The van der Waals surface area contributed by atoms with E-state index in [0.717, 1.165) is 24.0 Å². The van der Waals surface area contributed by atoms with Gasteiger partial charge in [0.2, 0.25) is 0 Å². The van der Waals surface area contributed by atoms with Crippen LogP contribution >= 0.6 is 0 Å². The zero-order valence-electron chi connectivity index (χ0n) is 17.1. The number of unbranched alkanes of at least 4 members (excludes halogenated alkanes) is 6. The molecule has 0 saturated heterocycles. The molecule has 0 bridgehead atoms. The molecule has 0 heterocycles. The first-order valence-corrected chi connectivity index (χ1v) is 10.8. The van der Waals surface area contributed by atoms with Gasteiger partial charge in [-0.25, -0.2) is 0 Å². The summed E-state index contributed by atoms with van der Waals surface area (Å²) in [5, 5.41) is 20.8. The first-order valence-electron chi connectivity index (χ1n) is 10.8. The molecule has 2 N–H and O–H groups in total. The van der Waals surface area contributed by atoms with Crippen LogP contribution in [-0.4, -0.2) is 10.2 Å². The minimum Gasteiger partial charge on any atom is -0.508 e. The predicted molar refractivity (Wildman–Crippen MR) is 115 cm³/mol. The summed E-state index contributed by atoms with van der Waals surface area (Å²) in [6, 6.07) is 12.0. The molecule has 0 aliphatic heterocycles. The summed E-state index contributed by atoms with van der Waals surface area (Å²) in [7, 11) is 0. The first kappa shape index (κ1) is 21.3. The molecule has 2 nitrogen and oxygen atoms in total. The zero-order valence-corrected chi connectivity index (χ0v) is 17.1. The molecule has 2 rings (SSSR count). The third-order valence-electron chi connectivity index (χ3n) is 5.32. The van der Waals surface area contributed by atoms with Gasteiger partial charge in [-0.1, -0.05) is 76.6 Å². The lowest BCUT2D eigenvalue weighted by atomic mass is 9.97. The lowest BCUT2D eigenvalue weighted by Crippen LogP contribution is -1.94. The van der Waals surface area contributed by atoms with Crippen LogP contribution < -0.4 is 0 Å². The summed E-state index contributed by atoms with van der Waals surface area (Å²) in [6.07, 6.45) is 12.5. The fourth-order valence-corrected chi connectivity index (χ4v) is 3.55. The third kappa shape index (κ3) is 7.28. The van der Waals surface area contributed by atoms with E-state index in [1.165, 1.54) is 62.5 Å². The van der Waals surface area contributed by atoms with Gasteiger partial charge < -0.3 is 10.2 Å². The van der Waals surface area contributed by atoms with E-state index in [-0.39, 0.29) is 0 Å². The smallest absolute Gasteiger partial charge is 0.119 e. The number of aryl methyl sites for hydroxylation is 2. The topological polar surface area (TPSA) is 40.5 Å². The molecule has 0 radical (unpaired) electrons. The molecule has 2 aromatic carbocycles. The van der Waals surface area contributed by atoms with Gasteiger partial charge in [-0.15, -0.1) is 0 Å². The van der Waals surface area contributed by atoms with Gasteiger partial charge in [-0.3, -0.25) is 0 Å². The maximum atomic E-state index is 10.4. The Hall–Kier alpha value is -1.96. The fraction of sp³-hybridized carbons (Fsp3) is 0.520. The van der Waals surface area contributed by atoms with Crippen LogP contribution in [0.4, 0.5) is 0 Å². The van der Waals surface area contributed by atoms with Gasteiger partial charge in [-0.05, 0) is 60.1 Å². The third-order valence-corrected chi connectivity index (χ3v) is 5.32. The molecule has 0 fully saturated rings. The van der Waals surface area contributed by atoms with Gasteiger partial charge in [0.05, 0.1) is 0 Å². The Labute approximate surface area is 165 Å². The fourth-order valence-electron chi connectivity index (χ4n) is 3.55. The lowest BCUT2D eigenvalue weighted by molar-refractivity contribution is 0.462. The van der Waals surface area contributed by atoms with Gasteiger partial charge in [0, 0.05) is 6.42 Å². The summed E-state index contributed by atoms with van der Waals surface area (Å²) in [5.74, 6) is 0.678. The molecule has 148 valence electrons. The van der Waals surface area contributed by atoms with Crippen molar-refractivity contribution in [1.82, 2.24) is 0 Å². The highest BCUT2D eigenvalue weighted by atomic mass is 16.3. The molecule has 0 amide bonds. The molecule has 2 heteroatoms. The average Bonchev–Trinajstić information content (AvgIpc) is 2.66. The van der Waals surface area contributed by atoms with Crippen LogP contribution in [0.2, 0.25) is 0 Å². The Bertz CT molecular complexity index is 631. The minimum absolute atomic E-state index is 0.339. The summed E-state index contributed by atoms with van der Waals surface area (Å²) >= 11 is 0. The van der Waals surface area contributed by atoms with Crippen LogP contribution in [0.1, 0.15) is 87.5 Å². The van der Waals surface area contributed by atoms with E-state index < -0.39 is 0 Å². The van der Waals surface area contributed by atoms with Crippen molar-refractivity contribution >= 4 is 0 Å². The molecule has 2 aromatic rings. The highest BCUT2D eigenvalue weighted by Crippen LogP contribution is 2.28. The number of hydrogen-bond donors (Lipinski definition) is 2. The maximum Gasteiger partial charge on any atom is 0.119 e. The number of benzene rings is 2. The van der Waals surface area contributed by atoms with Crippen LogP contribution in [0.3, 0.4) is 0 Å². The van der Waals surface area contributed by atoms with Crippen LogP contribution in [0.15, 0.2) is 36.4 Å². The predicted octanol–water partition coefficient (Wildman–Crippen LogP) is 6.93. The maximum absolute atomic E-state index is 10.4. The van der Waals surface area contributed by atoms with Crippen LogP contribution in [0.25, 0.3) is 0 Å². The monoisotopic (exact) mass is 368 g/mol. The Morgan fingerprint density at radius 1 is 0.593 bits per heavy atom. The van der Waals surface area contributed by atoms with E-state index in [4.69, 9.17) is 0 Å². The standard InChI is InChI=1S/C25H36O2/c1-3-5-7-9-11-20-13-15-22(24(26)17-20)19-23-16-14-21(18-25(23)27)12-10-8-6-4-2/h13-18,26-27H,3-12,19H2,1-2H3. The van der Waals surface area contributed by atoms with Crippen molar-refractivity contribution in [2.24, 2.45) is 0 Å². The van der Waals surface area contributed by atoms with Crippen molar-refractivity contribution < 1.29 is 10.2 Å². The van der Waals surface area contributed by atoms with Gasteiger partial charge >= 0.3 is 0 Å². The molecule has 0 spiro atoms. The lowest BCUT2D eigenvalue weighted by Gasteiger charge is -2.10. The molecule has 0 aliphatic carbocycles. The van der Waals surface area contributed by atoms with Crippen molar-refractivity contribution in [1.29, 1.82) is 0 Å². The van der Waals surface area contributed by atoms with Crippen LogP contribution in [-0.2, 0) is 19.3 Å². The van der Waals surface area contributed by atoms with Gasteiger partial charge in [0.1, 0.15) is 11.5 Å². The Kier molecular flexibility index (Phi) is 9.24. The van der Waals surface area contributed by atoms with Gasteiger partial charge in [-0.2, -0.15) is 0 Å². The highest BCUT2D eigenvalue weighted by Gasteiger charge is 2.08. The summed E-state index contributed by atoms with van der Waals surface area (Å²) in [6.45, 7) is 4.43. The molecule has 0 aromatic heterocycles. The molecule has 0 saturated carbocycles. The van der Waals surface area contributed by atoms with E-state index in [1.54, 1.807) is 0 Å². The zero-order chi connectivity index (χ0) is 19.5. The Balaban J connectivity index is 1.93. The summed E-state index contributed by atoms with van der Waals surface area (Å²) < 4.78 is 0. The second kappa shape index (κ2) is 11.7. The Morgan fingerprint density at radius 3 is 1.41 bits per heavy atom. The van der Waals surface area contributed by atoms with E-state index in [2.05, 4.69) is 26.0 Å². The largest absolute Gasteiger partial charge is 0.508 e. The van der Waals surface area contributed by atoms with E-state index in [9.17, 15) is 10.2 Å². The normalized spacial score (nSPS) is 11.0. The van der Waals surface area contributed by atoms with Crippen LogP contribution in [0, 0.1) is 0 Å². The van der Waals surface area contributed by atoms with Crippen LogP contribution in [0.5, 0.6) is 11.5 Å². The highest BCUT2D eigenvalue weighted by molar-refractivity contribution is 5.44. The number of rotatable bonds is 12. The van der Waals surface area contributed by atoms with E-state index >= 15 is 0 Å². The number of aromatic hydroxyl groups is 2. The van der Waals surface area contributed by atoms with Crippen molar-refractivity contribution in [2.45, 2.75) is 84.5 Å². The number of hydrogen-bond acceptors (Lipinski definition) is 2. The minimum atomic E-state index is 0.339. The van der Waals surface area contributed by atoms with Crippen molar-refractivity contribution in [3.63, 3.8) is 0 Å². The summed E-state index contributed by atoms with van der Waals surface area (Å²) in [4.78, 5) is 0. The second-order valence-corrected chi connectivity index (χ2v) is 7.72. The average molecular weight is 369 g/mol.